The average molecular weight is 228 g/mol. The number of carbonyl (C=O) groups is 2. The zero-order chi connectivity index (χ0) is 12.2. The van der Waals surface area contributed by atoms with Crippen LogP contribution < -0.4 is 11.1 Å². The summed E-state index contributed by atoms with van der Waals surface area (Å²) in [6.07, 6.45) is 3.86. The Hall–Kier alpha value is -1.10. The number of unbranched alkanes of at least 4 members (excludes halogenated alkanes) is 1. The summed E-state index contributed by atoms with van der Waals surface area (Å²) >= 11 is 0. The van der Waals surface area contributed by atoms with Crippen LogP contribution in [0, 0.1) is 5.41 Å². The molecule has 1 atom stereocenters. The summed E-state index contributed by atoms with van der Waals surface area (Å²) in [6.45, 7) is 2.25. The van der Waals surface area contributed by atoms with Crippen LogP contribution in [0.5, 0.6) is 0 Å². The van der Waals surface area contributed by atoms with Crippen LogP contribution in [-0.4, -0.2) is 29.6 Å². The minimum atomic E-state index is -0.824. The van der Waals surface area contributed by atoms with E-state index >= 15 is 0 Å². The number of carbonyl (C=O) groups excluding carboxylic acids is 1. The van der Waals surface area contributed by atoms with E-state index in [1.54, 1.807) is 0 Å². The van der Waals surface area contributed by atoms with Crippen LogP contribution in [0.25, 0.3) is 0 Å². The summed E-state index contributed by atoms with van der Waals surface area (Å²) in [5.74, 6) is -1.06. The van der Waals surface area contributed by atoms with Crippen molar-refractivity contribution in [2.24, 2.45) is 11.1 Å². The molecule has 1 saturated carbocycles. The lowest BCUT2D eigenvalue weighted by Gasteiger charge is -2.14. The largest absolute Gasteiger partial charge is 0.481 e. The molecule has 0 radical (unpaired) electrons. The number of hydrogen-bond acceptors (Lipinski definition) is 3. The van der Waals surface area contributed by atoms with Gasteiger partial charge in [0, 0.05) is 6.54 Å². The number of hydrogen-bond donors (Lipinski definition) is 3. The van der Waals surface area contributed by atoms with Gasteiger partial charge < -0.3 is 16.2 Å². The summed E-state index contributed by atoms with van der Waals surface area (Å²) in [6, 6.07) is -0.510. The first kappa shape index (κ1) is 13.0. The molecule has 1 aliphatic rings. The first-order chi connectivity index (χ1) is 7.52. The number of aliphatic carboxylic acids is 1. The molecule has 0 spiro atoms. The highest BCUT2D eigenvalue weighted by molar-refractivity contribution is 5.83. The molecule has 5 heteroatoms. The van der Waals surface area contributed by atoms with Crippen molar-refractivity contribution in [3.05, 3.63) is 0 Å². The van der Waals surface area contributed by atoms with Crippen molar-refractivity contribution in [1.29, 1.82) is 0 Å². The van der Waals surface area contributed by atoms with Crippen LogP contribution in [-0.2, 0) is 9.59 Å². The van der Waals surface area contributed by atoms with Crippen LogP contribution in [0.2, 0.25) is 0 Å². The average Bonchev–Trinajstić information content (AvgIpc) is 3.03. The minimum absolute atomic E-state index is 0.209. The Morgan fingerprint density at radius 1 is 1.50 bits per heavy atom. The number of rotatable bonds is 7. The lowest BCUT2D eigenvalue weighted by atomic mass is 10.1. The van der Waals surface area contributed by atoms with E-state index in [1.807, 2.05) is 6.92 Å². The fourth-order valence-electron chi connectivity index (χ4n) is 1.56. The third kappa shape index (κ3) is 3.20. The Balaban J connectivity index is 2.27. The molecule has 5 nitrogen and oxygen atoms in total. The van der Waals surface area contributed by atoms with Gasteiger partial charge in [0.25, 0.3) is 0 Å². The number of amides is 1. The molecule has 92 valence electrons. The summed E-state index contributed by atoms with van der Waals surface area (Å²) in [7, 11) is 0. The minimum Gasteiger partial charge on any atom is -0.481 e. The Kier molecular flexibility index (Phi) is 4.29. The second kappa shape index (κ2) is 5.30. The van der Waals surface area contributed by atoms with Crippen LogP contribution in [0.15, 0.2) is 0 Å². The van der Waals surface area contributed by atoms with Crippen molar-refractivity contribution in [2.75, 3.05) is 6.54 Å². The highest BCUT2D eigenvalue weighted by Gasteiger charge is 2.50. The molecule has 1 rings (SSSR count). The lowest BCUT2D eigenvalue weighted by Crippen LogP contribution is -2.44. The van der Waals surface area contributed by atoms with E-state index in [-0.39, 0.29) is 12.5 Å². The van der Waals surface area contributed by atoms with Gasteiger partial charge in [0.15, 0.2) is 0 Å². The number of carboxylic acids is 1. The third-order valence-corrected chi connectivity index (χ3v) is 3.11. The van der Waals surface area contributed by atoms with Crippen LogP contribution in [0.1, 0.15) is 39.0 Å². The van der Waals surface area contributed by atoms with Gasteiger partial charge in [-0.05, 0) is 19.3 Å². The smallest absolute Gasteiger partial charge is 0.311 e. The van der Waals surface area contributed by atoms with E-state index < -0.39 is 17.4 Å². The highest BCUT2D eigenvalue weighted by Crippen LogP contribution is 2.45. The quantitative estimate of drug-likeness (QED) is 0.591. The van der Waals surface area contributed by atoms with Gasteiger partial charge in [0.2, 0.25) is 5.91 Å². The van der Waals surface area contributed by atoms with E-state index in [9.17, 15) is 9.59 Å². The van der Waals surface area contributed by atoms with Gasteiger partial charge in [-0.15, -0.1) is 0 Å². The first-order valence-electron chi connectivity index (χ1n) is 5.78. The van der Waals surface area contributed by atoms with Gasteiger partial charge in [-0.25, -0.2) is 0 Å². The van der Waals surface area contributed by atoms with E-state index in [2.05, 4.69) is 5.32 Å². The maximum Gasteiger partial charge on any atom is 0.311 e. The van der Waals surface area contributed by atoms with Crippen molar-refractivity contribution in [3.63, 3.8) is 0 Å². The molecule has 0 aliphatic heterocycles. The van der Waals surface area contributed by atoms with Crippen LogP contribution >= 0.6 is 0 Å². The highest BCUT2D eigenvalue weighted by atomic mass is 16.4. The van der Waals surface area contributed by atoms with Crippen molar-refractivity contribution in [3.8, 4) is 0 Å². The Labute approximate surface area is 95.4 Å². The number of nitrogens with one attached hydrogen (secondary N) is 1. The van der Waals surface area contributed by atoms with Gasteiger partial charge in [0.1, 0.15) is 0 Å². The van der Waals surface area contributed by atoms with Crippen molar-refractivity contribution < 1.29 is 14.7 Å². The van der Waals surface area contributed by atoms with Crippen molar-refractivity contribution in [1.82, 2.24) is 5.32 Å². The van der Waals surface area contributed by atoms with Gasteiger partial charge in [-0.1, -0.05) is 19.8 Å². The predicted molar refractivity (Wildman–Crippen MR) is 59.8 cm³/mol. The molecule has 0 aromatic heterocycles. The van der Waals surface area contributed by atoms with E-state index in [0.29, 0.717) is 19.3 Å². The standard InChI is InChI=1S/C11H20N2O3/c1-2-3-4-8(12)9(14)13-7-11(5-6-11)10(15)16/h8H,2-7,12H2,1H3,(H,13,14)(H,15,16). The summed E-state index contributed by atoms with van der Waals surface area (Å²) in [5, 5.41) is 11.5. The maximum atomic E-state index is 11.5. The van der Waals surface area contributed by atoms with Crippen molar-refractivity contribution >= 4 is 11.9 Å². The van der Waals surface area contributed by atoms with Gasteiger partial charge in [-0.3, -0.25) is 9.59 Å². The number of carboxylic acid groups (broad SMARTS) is 1. The summed E-state index contributed by atoms with van der Waals surface area (Å²) < 4.78 is 0. The fourth-order valence-corrected chi connectivity index (χ4v) is 1.56. The van der Waals surface area contributed by atoms with Crippen molar-refractivity contribution in [2.45, 2.75) is 45.1 Å². The molecule has 0 heterocycles. The molecule has 1 amide bonds. The molecule has 1 unspecified atom stereocenters. The summed E-state index contributed by atoms with van der Waals surface area (Å²) in [5.41, 5.74) is 4.96. The monoisotopic (exact) mass is 228 g/mol. The third-order valence-electron chi connectivity index (χ3n) is 3.11. The fraction of sp³-hybridized carbons (Fsp3) is 0.818. The molecule has 0 aromatic carbocycles. The van der Waals surface area contributed by atoms with Crippen LogP contribution in [0.3, 0.4) is 0 Å². The predicted octanol–water partition coefficient (Wildman–Crippen LogP) is 0.485. The van der Waals surface area contributed by atoms with E-state index in [4.69, 9.17) is 10.8 Å². The Bertz CT molecular complexity index is 274. The molecule has 0 saturated heterocycles. The van der Waals surface area contributed by atoms with E-state index in [0.717, 1.165) is 12.8 Å². The maximum absolute atomic E-state index is 11.5. The zero-order valence-electron chi connectivity index (χ0n) is 9.66. The molecular weight excluding hydrogens is 208 g/mol. The van der Waals surface area contributed by atoms with E-state index in [1.165, 1.54) is 0 Å². The molecule has 1 fully saturated rings. The molecule has 16 heavy (non-hydrogen) atoms. The van der Waals surface area contributed by atoms with Gasteiger partial charge >= 0.3 is 5.97 Å². The zero-order valence-corrected chi connectivity index (χ0v) is 9.66. The molecule has 4 N–H and O–H groups in total. The Morgan fingerprint density at radius 2 is 2.12 bits per heavy atom. The summed E-state index contributed by atoms with van der Waals surface area (Å²) in [4.78, 5) is 22.4. The molecule has 0 bridgehead atoms. The second-order valence-corrected chi connectivity index (χ2v) is 4.55. The topological polar surface area (TPSA) is 92.4 Å². The normalized spacial score (nSPS) is 18.9. The molecule has 1 aliphatic carbocycles. The first-order valence-corrected chi connectivity index (χ1v) is 5.78. The van der Waals surface area contributed by atoms with Gasteiger partial charge in [-0.2, -0.15) is 0 Å². The SMILES string of the molecule is CCCCC(N)C(=O)NCC1(C(=O)O)CC1. The van der Waals surface area contributed by atoms with Crippen LogP contribution in [0.4, 0.5) is 0 Å². The molecule has 0 aromatic rings. The lowest BCUT2D eigenvalue weighted by molar-refractivity contribution is -0.143. The second-order valence-electron chi connectivity index (χ2n) is 4.55. The molecular formula is C11H20N2O3. The van der Waals surface area contributed by atoms with Gasteiger partial charge in [0.05, 0.1) is 11.5 Å². The number of nitrogens with two attached hydrogens (primary N) is 1. The Morgan fingerprint density at radius 3 is 2.56 bits per heavy atom.